The molecule has 0 aliphatic rings. The predicted molar refractivity (Wildman–Crippen MR) is 73.9 cm³/mol. The van der Waals surface area contributed by atoms with E-state index in [-0.39, 0.29) is 12.0 Å². The van der Waals surface area contributed by atoms with Crippen LogP contribution in [0.15, 0.2) is 5.11 Å². The van der Waals surface area contributed by atoms with E-state index >= 15 is 0 Å². The number of hydrogen-bond acceptors (Lipinski definition) is 3. The molecule has 0 unspecified atom stereocenters. The second kappa shape index (κ2) is 10.6. The number of hydrogen-bond donors (Lipinski definition) is 1. The molecule has 19 heavy (non-hydrogen) atoms. The van der Waals surface area contributed by atoms with Gasteiger partial charge < -0.3 is 9.84 Å². The Labute approximate surface area is 114 Å². The van der Waals surface area contributed by atoms with Crippen molar-refractivity contribution in [3.8, 4) is 0 Å². The molecule has 0 radical (unpaired) electrons. The first kappa shape index (κ1) is 17.7. The Morgan fingerprint density at radius 2 is 2.11 bits per heavy atom. The van der Waals surface area contributed by atoms with Crippen LogP contribution in [0, 0.1) is 11.8 Å². The van der Waals surface area contributed by atoms with Crippen molar-refractivity contribution in [2.75, 3.05) is 13.2 Å². The molecule has 1 N–H and O–H groups in total. The van der Waals surface area contributed by atoms with Gasteiger partial charge in [-0.2, -0.15) is 0 Å². The minimum atomic E-state index is -0.790. The van der Waals surface area contributed by atoms with Crippen LogP contribution in [-0.2, 0) is 9.53 Å². The van der Waals surface area contributed by atoms with Crippen LogP contribution in [0.5, 0.6) is 0 Å². The Hall–Kier alpha value is -1.26. The third kappa shape index (κ3) is 8.46. The van der Waals surface area contributed by atoms with Gasteiger partial charge >= 0.3 is 5.97 Å². The maximum atomic E-state index is 11.1. The van der Waals surface area contributed by atoms with E-state index in [2.05, 4.69) is 16.9 Å². The molecule has 6 nitrogen and oxygen atoms in total. The standard InChI is InChI=1S/C13H25N3O3/c1-4-5-8-19-9-11(15-16-14)6-7-12(10(2)3)13(17)18/h10-12H,4-9H2,1-3H3,(H,17,18)/t11-,12+/m1/s1. The largest absolute Gasteiger partial charge is 0.481 e. The molecule has 0 amide bonds. The number of unbranched alkanes of at least 4 members (excludes halogenated alkanes) is 1. The first-order chi connectivity index (χ1) is 9.02. The lowest BCUT2D eigenvalue weighted by Gasteiger charge is -2.18. The Morgan fingerprint density at radius 3 is 2.58 bits per heavy atom. The summed E-state index contributed by atoms with van der Waals surface area (Å²) in [5.74, 6) is -1.11. The highest BCUT2D eigenvalue weighted by atomic mass is 16.5. The van der Waals surface area contributed by atoms with E-state index in [9.17, 15) is 4.79 Å². The van der Waals surface area contributed by atoms with Gasteiger partial charge in [0.2, 0.25) is 0 Å². The number of aliphatic carboxylic acids is 1. The van der Waals surface area contributed by atoms with Crippen molar-refractivity contribution in [2.24, 2.45) is 17.0 Å². The molecule has 6 heteroatoms. The smallest absolute Gasteiger partial charge is 0.306 e. The Kier molecular flexibility index (Phi) is 9.94. The number of carboxylic acid groups (broad SMARTS) is 1. The lowest BCUT2D eigenvalue weighted by molar-refractivity contribution is -0.143. The highest BCUT2D eigenvalue weighted by Crippen LogP contribution is 2.19. The molecule has 0 saturated heterocycles. The number of ether oxygens (including phenoxy) is 1. The van der Waals surface area contributed by atoms with Gasteiger partial charge in [0.05, 0.1) is 18.6 Å². The van der Waals surface area contributed by atoms with Gasteiger partial charge in [-0.3, -0.25) is 4.79 Å². The zero-order valence-electron chi connectivity index (χ0n) is 12.1. The molecule has 0 saturated carbocycles. The maximum absolute atomic E-state index is 11.1. The fourth-order valence-corrected chi connectivity index (χ4v) is 1.83. The summed E-state index contributed by atoms with van der Waals surface area (Å²) < 4.78 is 5.43. The van der Waals surface area contributed by atoms with Gasteiger partial charge in [0.1, 0.15) is 0 Å². The minimum Gasteiger partial charge on any atom is -0.481 e. The van der Waals surface area contributed by atoms with Crippen LogP contribution in [0.3, 0.4) is 0 Å². The third-order valence-electron chi connectivity index (χ3n) is 3.10. The van der Waals surface area contributed by atoms with Crippen molar-refractivity contribution in [3.05, 3.63) is 10.4 Å². The van der Waals surface area contributed by atoms with E-state index in [0.29, 0.717) is 26.1 Å². The van der Waals surface area contributed by atoms with Crippen molar-refractivity contribution in [1.82, 2.24) is 0 Å². The molecular formula is C13H25N3O3. The lowest BCUT2D eigenvalue weighted by Crippen LogP contribution is -2.23. The zero-order chi connectivity index (χ0) is 14.7. The number of azide groups is 1. The number of rotatable bonds is 11. The van der Waals surface area contributed by atoms with Crippen LogP contribution >= 0.6 is 0 Å². The zero-order valence-corrected chi connectivity index (χ0v) is 12.1. The monoisotopic (exact) mass is 271 g/mol. The van der Waals surface area contributed by atoms with Gasteiger partial charge in [-0.25, -0.2) is 0 Å². The molecule has 0 aliphatic carbocycles. The van der Waals surface area contributed by atoms with Crippen molar-refractivity contribution in [3.63, 3.8) is 0 Å². The molecule has 0 aromatic carbocycles. The summed E-state index contributed by atoms with van der Waals surface area (Å²) in [7, 11) is 0. The van der Waals surface area contributed by atoms with Crippen molar-refractivity contribution in [1.29, 1.82) is 0 Å². The molecule has 0 bridgehead atoms. The third-order valence-corrected chi connectivity index (χ3v) is 3.10. The van der Waals surface area contributed by atoms with Crippen molar-refractivity contribution >= 4 is 5.97 Å². The molecule has 0 rings (SSSR count). The second-order valence-electron chi connectivity index (χ2n) is 5.05. The summed E-state index contributed by atoms with van der Waals surface area (Å²) in [6.45, 7) is 6.88. The van der Waals surface area contributed by atoms with E-state index < -0.39 is 11.9 Å². The van der Waals surface area contributed by atoms with Crippen LogP contribution in [0.25, 0.3) is 10.4 Å². The van der Waals surface area contributed by atoms with Crippen LogP contribution in [0.2, 0.25) is 0 Å². The van der Waals surface area contributed by atoms with E-state index in [1.165, 1.54) is 0 Å². The van der Waals surface area contributed by atoms with Gasteiger partial charge in [-0.15, -0.1) is 0 Å². The first-order valence-corrected chi connectivity index (χ1v) is 6.87. The van der Waals surface area contributed by atoms with Gasteiger partial charge in [0.25, 0.3) is 0 Å². The SMILES string of the molecule is CCCCOC[C@@H](CC[C@H](C(=O)O)C(C)C)N=[N+]=[N-]. The molecule has 0 heterocycles. The summed E-state index contributed by atoms with van der Waals surface area (Å²) in [5, 5.41) is 12.8. The van der Waals surface area contributed by atoms with Gasteiger partial charge in [-0.05, 0) is 30.7 Å². The predicted octanol–water partition coefficient (Wildman–Crippen LogP) is 3.62. The minimum absolute atomic E-state index is 0.0743. The molecule has 2 atom stereocenters. The Balaban J connectivity index is 4.18. The topological polar surface area (TPSA) is 95.3 Å². The molecule has 110 valence electrons. The number of carbonyl (C=O) groups is 1. The molecule has 0 fully saturated rings. The van der Waals surface area contributed by atoms with Gasteiger partial charge in [0.15, 0.2) is 0 Å². The van der Waals surface area contributed by atoms with Crippen molar-refractivity contribution in [2.45, 2.75) is 52.5 Å². The fourth-order valence-electron chi connectivity index (χ4n) is 1.83. The maximum Gasteiger partial charge on any atom is 0.306 e. The van der Waals surface area contributed by atoms with Crippen LogP contribution in [0.4, 0.5) is 0 Å². The van der Waals surface area contributed by atoms with E-state index in [1.807, 2.05) is 13.8 Å². The van der Waals surface area contributed by atoms with E-state index in [0.717, 1.165) is 12.8 Å². The highest BCUT2D eigenvalue weighted by molar-refractivity contribution is 5.70. The second-order valence-corrected chi connectivity index (χ2v) is 5.05. The quantitative estimate of drug-likeness (QED) is 0.269. The normalized spacial score (nSPS) is 13.9. The summed E-state index contributed by atoms with van der Waals surface area (Å²) >= 11 is 0. The Morgan fingerprint density at radius 1 is 1.42 bits per heavy atom. The van der Waals surface area contributed by atoms with E-state index in [1.54, 1.807) is 0 Å². The summed E-state index contributed by atoms with van der Waals surface area (Å²) in [6.07, 6.45) is 3.09. The average molecular weight is 271 g/mol. The van der Waals surface area contributed by atoms with Crippen LogP contribution in [0.1, 0.15) is 46.5 Å². The molecule has 0 aromatic rings. The van der Waals surface area contributed by atoms with Crippen molar-refractivity contribution < 1.29 is 14.6 Å². The van der Waals surface area contributed by atoms with Gasteiger partial charge in [-0.1, -0.05) is 32.3 Å². The van der Waals surface area contributed by atoms with E-state index in [4.69, 9.17) is 15.4 Å². The molecule has 0 aromatic heterocycles. The number of carboxylic acids is 1. The van der Waals surface area contributed by atoms with Gasteiger partial charge in [0, 0.05) is 11.5 Å². The highest BCUT2D eigenvalue weighted by Gasteiger charge is 2.22. The lowest BCUT2D eigenvalue weighted by atomic mass is 9.90. The summed E-state index contributed by atoms with van der Waals surface area (Å²) in [4.78, 5) is 13.9. The Bertz CT molecular complexity index is 302. The molecule has 0 spiro atoms. The van der Waals surface area contributed by atoms with Crippen LogP contribution in [-0.4, -0.2) is 30.3 Å². The molecular weight excluding hydrogens is 246 g/mol. The molecule has 0 aliphatic heterocycles. The van der Waals surface area contributed by atoms with Crippen LogP contribution < -0.4 is 0 Å². The average Bonchev–Trinajstić information content (AvgIpc) is 2.33. The first-order valence-electron chi connectivity index (χ1n) is 6.87. The number of nitrogens with zero attached hydrogens (tertiary/aromatic N) is 3. The summed E-state index contributed by atoms with van der Waals surface area (Å²) in [6, 6.07) is -0.276. The fraction of sp³-hybridized carbons (Fsp3) is 0.923. The summed E-state index contributed by atoms with van der Waals surface area (Å²) in [5.41, 5.74) is 8.51.